The van der Waals surface area contributed by atoms with Gasteiger partial charge in [0.05, 0.1) is 5.69 Å². The Labute approximate surface area is 81.7 Å². The molecule has 0 fully saturated rings. The zero-order chi connectivity index (χ0) is 11.6. The van der Waals surface area contributed by atoms with Gasteiger partial charge in [-0.25, -0.2) is 4.39 Å². The monoisotopic (exact) mass is 225 g/mol. The summed E-state index contributed by atoms with van der Waals surface area (Å²) in [5, 5.41) is 0. The maximum absolute atomic E-state index is 12.2. The summed E-state index contributed by atoms with van der Waals surface area (Å²) < 4.78 is 51.0. The third-order valence-corrected chi connectivity index (χ3v) is 1.75. The van der Waals surface area contributed by atoms with E-state index in [0.29, 0.717) is 6.20 Å². The minimum atomic E-state index is -4.93. The van der Waals surface area contributed by atoms with Crippen molar-refractivity contribution < 1.29 is 22.3 Å². The molecule has 0 amide bonds. The van der Waals surface area contributed by atoms with Crippen molar-refractivity contribution in [3.63, 3.8) is 0 Å². The summed E-state index contributed by atoms with van der Waals surface area (Å²) in [4.78, 5) is 13.4. The van der Waals surface area contributed by atoms with Crippen LogP contribution in [0.1, 0.15) is 11.3 Å². The normalized spacial score (nSPS) is 11.5. The summed E-state index contributed by atoms with van der Waals surface area (Å²) >= 11 is 0. The predicted octanol–water partition coefficient (Wildman–Crippen LogP) is 2.05. The third-order valence-electron chi connectivity index (χ3n) is 1.75. The van der Waals surface area contributed by atoms with Crippen LogP contribution in [0.25, 0.3) is 0 Å². The highest BCUT2D eigenvalue weighted by Crippen LogP contribution is 2.19. The van der Waals surface area contributed by atoms with Gasteiger partial charge in [-0.1, -0.05) is 0 Å². The van der Waals surface area contributed by atoms with E-state index in [1.165, 1.54) is 6.92 Å². The van der Waals surface area contributed by atoms with Crippen LogP contribution in [0.2, 0.25) is 0 Å². The van der Waals surface area contributed by atoms with E-state index in [9.17, 15) is 22.4 Å². The Morgan fingerprint density at radius 3 is 2.53 bits per heavy atom. The number of alkyl halides is 4. The van der Waals surface area contributed by atoms with Gasteiger partial charge in [-0.2, -0.15) is 0 Å². The molecule has 0 aliphatic rings. The maximum Gasteiger partial charge on any atom is 0.573 e. The molecule has 7 heteroatoms. The van der Waals surface area contributed by atoms with Crippen LogP contribution in [0, 0.1) is 6.92 Å². The van der Waals surface area contributed by atoms with E-state index in [1.54, 1.807) is 0 Å². The van der Waals surface area contributed by atoms with Crippen molar-refractivity contribution in [1.29, 1.82) is 0 Å². The number of rotatable bonds is 2. The molecular formula is C8H7F4NO2. The number of hydrogen-bond donors (Lipinski definition) is 1. The fourth-order valence-electron chi connectivity index (χ4n) is 0.988. The van der Waals surface area contributed by atoms with Crippen LogP contribution in [0.5, 0.6) is 5.75 Å². The van der Waals surface area contributed by atoms with Gasteiger partial charge in [0, 0.05) is 11.8 Å². The van der Waals surface area contributed by atoms with Crippen LogP contribution < -0.4 is 10.2 Å². The van der Waals surface area contributed by atoms with Gasteiger partial charge in [-0.3, -0.25) is 4.79 Å². The minimum Gasteiger partial charge on any atom is -0.400 e. The van der Waals surface area contributed by atoms with Gasteiger partial charge in [0.2, 0.25) is 5.43 Å². The van der Waals surface area contributed by atoms with Crippen LogP contribution in [-0.2, 0) is 6.67 Å². The molecule has 0 atom stereocenters. The molecule has 84 valence electrons. The number of pyridine rings is 1. The van der Waals surface area contributed by atoms with Crippen LogP contribution in [0.3, 0.4) is 0 Å². The molecule has 3 nitrogen and oxygen atoms in total. The van der Waals surface area contributed by atoms with Crippen LogP contribution >= 0.6 is 0 Å². The fraction of sp³-hybridized carbons (Fsp3) is 0.375. The molecule has 1 aromatic heterocycles. The van der Waals surface area contributed by atoms with E-state index in [4.69, 9.17) is 0 Å². The summed E-state index contributed by atoms with van der Waals surface area (Å²) in [6.45, 7) is 0.268. The second-order valence-electron chi connectivity index (χ2n) is 2.77. The smallest absolute Gasteiger partial charge is 0.400 e. The Balaban J connectivity index is 3.13. The quantitative estimate of drug-likeness (QED) is 0.782. The lowest BCUT2D eigenvalue weighted by Gasteiger charge is -2.09. The van der Waals surface area contributed by atoms with Gasteiger partial charge >= 0.3 is 6.36 Å². The average Bonchev–Trinajstić information content (AvgIpc) is 2.11. The van der Waals surface area contributed by atoms with Gasteiger partial charge in [-0.15, -0.1) is 13.2 Å². The first-order valence-corrected chi connectivity index (χ1v) is 3.88. The maximum atomic E-state index is 12.2. The topological polar surface area (TPSA) is 42.1 Å². The number of H-pyrrole nitrogens is 1. The molecule has 0 spiro atoms. The molecule has 1 heterocycles. The standard InChI is InChI=1S/C8H7F4NO2/c1-4-5(2-9)13-3-6(7(4)14)15-8(10,11)12/h3H,2H2,1H3,(H,13,14). The molecule has 15 heavy (non-hydrogen) atoms. The molecule has 0 aliphatic heterocycles. The first-order chi connectivity index (χ1) is 6.85. The SMILES string of the molecule is Cc1c(CF)[nH]cc(OC(F)(F)F)c1=O. The summed E-state index contributed by atoms with van der Waals surface area (Å²) in [7, 11) is 0. The highest BCUT2D eigenvalue weighted by atomic mass is 19.4. The zero-order valence-corrected chi connectivity index (χ0v) is 7.61. The van der Waals surface area contributed by atoms with Crippen LogP contribution in [0.4, 0.5) is 17.6 Å². The highest BCUT2D eigenvalue weighted by molar-refractivity contribution is 5.28. The Morgan fingerprint density at radius 1 is 1.47 bits per heavy atom. The van der Waals surface area contributed by atoms with Crippen molar-refractivity contribution in [2.45, 2.75) is 20.0 Å². The molecule has 0 saturated carbocycles. The second-order valence-corrected chi connectivity index (χ2v) is 2.77. The number of halogens is 4. The van der Waals surface area contributed by atoms with Crippen LogP contribution in [-0.4, -0.2) is 11.3 Å². The van der Waals surface area contributed by atoms with Gasteiger partial charge in [-0.05, 0) is 6.92 Å². The van der Waals surface area contributed by atoms with E-state index in [2.05, 4.69) is 9.72 Å². The Morgan fingerprint density at radius 2 is 2.07 bits per heavy atom. The average molecular weight is 225 g/mol. The number of nitrogens with one attached hydrogen (secondary N) is 1. The summed E-state index contributed by atoms with van der Waals surface area (Å²) in [5.74, 6) is -0.891. The van der Waals surface area contributed by atoms with E-state index < -0.39 is 24.2 Å². The molecule has 0 radical (unpaired) electrons. The van der Waals surface area contributed by atoms with Crippen molar-refractivity contribution in [3.8, 4) is 5.75 Å². The highest BCUT2D eigenvalue weighted by Gasteiger charge is 2.32. The Bertz CT molecular complexity index is 410. The summed E-state index contributed by atoms with van der Waals surface area (Å²) in [6.07, 6.45) is -4.24. The molecule has 1 aromatic rings. The van der Waals surface area contributed by atoms with Crippen molar-refractivity contribution >= 4 is 0 Å². The number of hydrogen-bond acceptors (Lipinski definition) is 2. The van der Waals surface area contributed by atoms with Crippen molar-refractivity contribution in [1.82, 2.24) is 4.98 Å². The van der Waals surface area contributed by atoms with Gasteiger partial charge in [0.25, 0.3) is 0 Å². The summed E-state index contributed by atoms with van der Waals surface area (Å²) in [5.41, 5.74) is -1.16. The molecule has 0 bridgehead atoms. The molecule has 1 N–H and O–H groups in total. The van der Waals surface area contributed by atoms with E-state index in [-0.39, 0.29) is 11.3 Å². The van der Waals surface area contributed by atoms with Crippen molar-refractivity contribution in [3.05, 3.63) is 27.7 Å². The predicted molar refractivity (Wildman–Crippen MR) is 43.3 cm³/mol. The molecular weight excluding hydrogens is 218 g/mol. The van der Waals surface area contributed by atoms with E-state index >= 15 is 0 Å². The number of aromatic amines is 1. The first-order valence-electron chi connectivity index (χ1n) is 3.88. The molecule has 0 aromatic carbocycles. The third kappa shape index (κ3) is 2.71. The Kier molecular flexibility index (Phi) is 3.01. The Hall–Kier alpha value is -1.53. The second kappa shape index (κ2) is 3.92. The van der Waals surface area contributed by atoms with Gasteiger partial charge in [0.15, 0.2) is 5.75 Å². The van der Waals surface area contributed by atoms with Gasteiger partial charge in [0.1, 0.15) is 6.67 Å². The number of aromatic nitrogens is 1. The van der Waals surface area contributed by atoms with E-state index in [1.807, 2.05) is 0 Å². The van der Waals surface area contributed by atoms with Gasteiger partial charge < -0.3 is 9.72 Å². The largest absolute Gasteiger partial charge is 0.573 e. The lowest BCUT2D eigenvalue weighted by atomic mass is 10.2. The van der Waals surface area contributed by atoms with Crippen LogP contribution in [0.15, 0.2) is 11.0 Å². The molecule has 0 unspecified atom stereocenters. The van der Waals surface area contributed by atoms with E-state index in [0.717, 1.165) is 0 Å². The lowest BCUT2D eigenvalue weighted by molar-refractivity contribution is -0.275. The van der Waals surface area contributed by atoms with Crippen molar-refractivity contribution in [2.75, 3.05) is 0 Å². The molecule has 0 aliphatic carbocycles. The first kappa shape index (κ1) is 11.5. The minimum absolute atomic E-state index is 0.0606. The zero-order valence-electron chi connectivity index (χ0n) is 7.61. The number of ether oxygens (including phenoxy) is 1. The fourth-order valence-corrected chi connectivity index (χ4v) is 0.988. The van der Waals surface area contributed by atoms with Crippen molar-refractivity contribution in [2.24, 2.45) is 0 Å². The lowest BCUT2D eigenvalue weighted by Crippen LogP contribution is -2.23. The molecule has 1 rings (SSSR count). The summed E-state index contributed by atoms with van der Waals surface area (Å²) in [6, 6.07) is 0. The molecule has 0 saturated heterocycles.